The summed E-state index contributed by atoms with van der Waals surface area (Å²) in [5.41, 5.74) is 0. The van der Waals surface area contributed by atoms with E-state index in [0.29, 0.717) is 6.04 Å². The number of rotatable bonds is 5. The van der Waals surface area contributed by atoms with Crippen LogP contribution in [0.25, 0.3) is 0 Å². The third-order valence-electron chi connectivity index (χ3n) is 5.47. The molecule has 0 amide bonds. The maximum Gasteiger partial charge on any atom is 0.0248 e. The molecule has 1 aliphatic heterocycles. The van der Waals surface area contributed by atoms with E-state index in [9.17, 15) is 0 Å². The fraction of sp³-hybridized carbons (Fsp3) is 1.00. The van der Waals surface area contributed by atoms with Crippen LogP contribution in [0.5, 0.6) is 0 Å². The minimum Gasteiger partial charge on any atom is -0.315 e. The summed E-state index contributed by atoms with van der Waals surface area (Å²) in [6.45, 7) is 6.21. The summed E-state index contributed by atoms with van der Waals surface area (Å²) in [6.07, 6.45) is 6.90. The van der Waals surface area contributed by atoms with Gasteiger partial charge in [-0.25, -0.2) is 0 Å². The van der Waals surface area contributed by atoms with Gasteiger partial charge in [0.2, 0.25) is 0 Å². The summed E-state index contributed by atoms with van der Waals surface area (Å²) in [5.74, 6) is 1.83. The van der Waals surface area contributed by atoms with Crippen molar-refractivity contribution < 1.29 is 0 Å². The largest absolute Gasteiger partial charge is 0.315 e. The molecule has 0 aromatic rings. The van der Waals surface area contributed by atoms with Gasteiger partial charge >= 0.3 is 0 Å². The summed E-state index contributed by atoms with van der Waals surface area (Å²) in [7, 11) is 6.75. The Morgan fingerprint density at radius 2 is 2.00 bits per heavy atom. The molecule has 1 saturated carbocycles. The molecule has 2 fully saturated rings. The molecule has 0 aromatic carbocycles. The normalized spacial score (nSPS) is 37.1. The summed E-state index contributed by atoms with van der Waals surface area (Å²) in [6, 6.07) is 1.45. The molecule has 3 heteroatoms. The van der Waals surface area contributed by atoms with Gasteiger partial charge in [-0.1, -0.05) is 13.3 Å². The summed E-state index contributed by atoms with van der Waals surface area (Å²) in [4.78, 5) is 5.14. The first-order valence-electron chi connectivity index (χ1n) is 8.20. The second-order valence-electron chi connectivity index (χ2n) is 6.91. The zero-order valence-electron chi connectivity index (χ0n) is 13.4. The number of hydrogen-bond donors (Lipinski definition) is 1. The Kier molecular flexibility index (Phi) is 5.67. The van der Waals surface area contributed by atoms with Gasteiger partial charge in [0.15, 0.2) is 0 Å². The topological polar surface area (TPSA) is 18.5 Å². The SMILES string of the molecule is CCC1CCC(NC)C(N(C)CC2CCN(C)C2)C1. The van der Waals surface area contributed by atoms with Gasteiger partial charge in [0, 0.05) is 25.2 Å². The Hall–Kier alpha value is -0.120. The van der Waals surface area contributed by atoms with Crippen molar-refractivity contribution in [2.24, 2.45) is 11.8 Å². The fourth-order valence-corrected chi connectivity index (χ4v) is 4.14. The molecule has 0 spiro atoms. The van der Waals surface area contributed by atoms with E-state index < -0.39 is 0 Å². The number of likely N-dealkylation sites (tertiary alicyclic amines) is 1. The van der Waals surface area contributed by atoms with E-state index in [1.54, 1.807) is 0 Å². The lowest BCUT2D eigenvalue weighted by atomic mass is 9.80. The van der Waals surface area contributed by atoms with E-state index in [0.717, 1.165) is 17.9 Å². The smallest absolute Gasteiger partial charge is 0.0248 e. The third kappa shape index (κ3) is 3.93. The maximum absolute atomic E-state index is 3.56. The number of likely N-dealkylation sites (N-methyl/N-ethyl adjacent to an activating group) is 2. The van der Waals surface area contributed by atoms with Crippen LogP contribution in [0, 0.1) is 11.8 Å². The molecule has 1 N–H and O–H groups in total. The molecule has 2 aliphatic rings. The molecule has 3 nitrogen and oxygen atoms in total. The molecular weight excluding hydrogens is 234 g/mol. The van der Waals surface area contributed by atoms with Crippen molar-refractivity contribution >= 4 is 0 Å². The Bertz CT molecular complexity index is 269. The second kappa shape index (κ2) is 7.05. The van der Waals surface area contributed by atoms with Crippen molar-refractivity contribution in [3.63, 3.8) is 0 Å². The molecule has 4 unspecified atom stereocenters. The van der Waals surface area contributed by atoms with Gasteiger partial charge in [0.05, 0.1) is 0 Å². The maximum atomic E-state index is 3.56. The van der Waals surface area contributed by atoms with Crippen LogP contribution >= 0.6 is 0 Å². The molecule has 0 aromatic heterocycles. The van der Waals surface area contributed by atoms with Crippen LogP contribution < -0.4 is 5.32 Å². The first-order chi connectivity index (χ1) is 9.13. The van der Waals surface area contributed by atoms with Crippen molar-refractivity contribution in [3.8, 4) is 0 Å². The van der Waals surface area contributed by atoms with Crippen LogP contribution in [0.2, 0.25) is 0 Å². The van der Waals surface area contributed by atoms with Crippen molar-refractivity contribution in [1.82, 2.24) is 15.1 Å². The van der Waals surface area contributed by atoms with Gasteiger partial charge in [0.1, 0.15) is 0 Å². The van der Waals surface area contributed by atoms with Gasteiger partial charge in [0.25, 0.3) is 0 Å². The van der Waals surface area contributed by atoms with Crippen LogP contribution in [-0.4, -0.2) is 62.7 Å². The van der Waals surface area contributed by atoms with Crippen LogP contribution in [0.4, 0.5) is 0 Å². The average molecular weight is 267 g/mol. The van der Waals surface area contributed by atoms with Crippen LogP contribution in [0.1, 0.15) is 39.0 Å². The number of nitrogens with one attached hydrogen (secondary N) is 1. The highest BCUT2D eigenvalue weighted by Crippen LogP contribution is 2.30. The van der Waals surface area contributed by atoms with Gasteiger partial charge < -0.3 is 15.1 Å². The Morgan fingerprint density at radius 1 is 1.21 bits per heavy atom. The lowest BCUT2D eigenvalue weighted by molar-refractivity contribution is 0.108. The van der Waals surface area contributed by atoms with Crippen LogP contribution in [-0.2, 0) is 0 Å². The van der Waals surface area contributed by atoms with E-state index in [2.05, 4.69) is 43.2 Å². The highest BCUT2D eigenvalue weighted by molar-refractivity contribution is 4.90. The van der Waals surface area contributed by atoms with Crippen LogP contribution in [0.15, 0.2) is 0 Å². The summed E-state index contributed by atoms with van der Waals surface area (Å²) in [5, 5.41) is 3.56. The predicted octanol–water partition coefficient (Wildman–Crippen LogP) is 2.04. The van der Waals surface area contributed by atoms with E-state index in [1.165, 1.54) is 51.7 Å². The lowest BCUT2D eigenvalue weighted by Gasteiger charge is -2.42. The van der Waals surface area contributed by atoms with E-state index >= 15 is 0 Å². The van der Waals surface area contributed by atoms with Gasteiger partial charge in [-0.15, -0.1) is 0 Å². The molecule has 112 valence electrons. The molecule has 0 bridgehead atoms. The molecule has 2 rings (SSSR count). The van der Waals surface area contributed by atoms with E-state index in [1.807, 2.05) is 0 Å². The fourth-order valence-electron chi connectivity index (χ4n) is 4.14. The monoisotopic (exact) mass is 267 g/mol. The minimum absolute atomic E-state index is 0.701. The van der Waals surface area contributed by atoms with Gasteiger partial charge in [-0.2, -0.15) is 0 Å². The molecule has 4 atom stereocenters. The Balaban J connectivity index is 1.88. The van der Waals surface area contributed by atoms with Crippen molar-refractivity contribution in [2.75, 3.05) is 40.8 Å². The molecule has 19 heavy (non-hydrogen) atoms. The van der Waals surface area contributed by atoms with Crippen LogP contribution in [0.3, 0.4) is 0 Å². The van der Waals surface area contributed by atoms with Gasteiger partial charge in [-0.3, -0.25) is 0 Å². The average Bonchev–Trinajstić information content (AvgIpc) is 2.83. The first-order valence-corrected chi connectivity index (χ1v) is 8.20. The molecule has 1 heterocycles. The lowest BCUT2D eigenvalue weighted by Crippen LogP contribution is -2.52. The molecular formula is C16H33N3. The quantitative estimate of drug-likeness (QED) is 0.822. The standard InChI is InChI=1S/C16H33N3/c1-5-13-6-7-15(17-2)16(10-13)19(4)12-14-8-9-18(3)11-14/h13-17H,5-12H2,1-4H3. The van der Waals surface area contributed by atoms with Gasteiger partial charge in [-0.05, 0) is 65.2 Å². The zero-order valence-corrected chi connectivity index (χ0v) is 13.4. The number of hydrogen-bond acceptors (Lipinski definition) is 3. The summed E-state index contributed by atoms with van der Waals surface area (Å²) < 4.78 is 0. The zero-order chi connectivity index (χ0) is 13.8. The third-order valence-corrected chi connectivity index (χ3v) is 5.47. The van der Waals surface area contributed by atoms with Crippen molar-refractivity contribution in [3.05, 3.63) is 0 Å². The second-order valence-corrected chi connectivity index (χ2v) is 6.91. The Morgan fingerprint density at radius 3 is 2.58 bits per heavy atom. The van der Waals surface area contributed by atoms with Crippen molar-refractivity contribution in [1.29, 1.82) is 0 Å². The van der Waals surface area contributed by atoms with E-state index in [4.69, 9.17) is 0 Å². The van der Waals surface area contributed by atoms with Crippen molar-refractivity contribution in [2.45, 2.75) is 51.1 Å². The molecule has 0 radical (unpaired) electrons. The Labute approximate surface area is 119 Å². The highest BCUT2D eigenvalue weighted by atomic mass is 15.2. The summed E-state index contributed by atoms with van der Waals surface area (Å²) >= 11 is 0. The minimum atomic E-state index is 0.701. The molecule has 1 saturated heterocycles. The highest BCUT2D eigenvalue weighted by Gasteiger charge is 2.33. The first kappa shape index (κ1) is 15.3. The van der Waals surface area contributed by atoms with E-state index in [-0.39, 0.29) is 0 Å². The molecule has 1 aliphatic carbocycles. The number of nitrogens with zero attached hydrogens (tertiary/aromatic N) is 2. The predicted molar refractivity (Wildman–Crippen MR) is 82.5 cm³/mol.